The van der Waals surface area contributed by atoms with Gasteiger partial charge >= 0.3 is 0 Å². The summed E-state index contributed by atoms with van der Waals surface area (Å²) < 4.78 is 5.19. The number of methoxy groups -OCH3 is 1. The molecule has 1 amide bonds. The van der Waals surface area contributed by atoms with Gasteiger partial charge in [0.2, 0.25) is 5.91 Å². The molecule has 0 aromatic heterocycles. The maximum atomic E-state index is 12.7. The molecule has 6 heteroatoms. The standard InChI is InChI=1S/C16H31N3O2.ClH/c1-4-15-12-19(8-7-18(15)9-10-21-3)16(20)14-5-6-17-13(2)11-14;/h13-15,17H,4-12H2,1-3H3;1H/t13-,14-,15?;/m0./s1. The molecule has 3 atom stereocenters. The van der Waals surface area contributed by atoms with Crippen molar-refractivity contribution in [1.82, 2.24) is 15.1 Å². The zero-order valence-electron chi connectivity index (χ0n) is 14.2. The van der Waals surface area contributed by atoms with Crippen molar-refractivity contribution in [1.29, 1.82) is 0 Å². The Labute approximate surface area is 141 Å². The molecule has 5 nitrogen and oxygen atoms in total. The Morgan fingerprint density at radius 2 is 2.14 bits per heavy atom. The zero-order valence-corrected chi connectivity index (χ0v) is 15.0. The molecule has 2 aliphatic rings. The minimum Gasteiger partial charge on any atom is -0.383 e. The van der Waals surface area contributed by atoms with Gasteiger partial charge in [0, 0.05) is 51.3 Å². The lowest BCUT2D eigenvalue weighted by molar-refractivity contribution is -0.140. The number of hydrogen-bond acceptors (Lipinski definition) is 4. The maximum Gasteiger partial charge on any atom is 0.225 e. The van der Waals surface area contributed by atoms with Crippen molar-refractivity contribution in [2.24, 2.45) is 5.92 Å². The molecule has 0 aromatic carbocycles. The molecular formula is C16H32ClN3O2. The van der Waals surface area contributed by atoms with Gasteiger partial charge in [0.25, 0.3) is 0 Å². The highest BCUT2D eigenvalue weighted by molar-refractivity contribution is 5.85. The van der Waals surface area contributed by atoms with Crippen LogP contribution in [0.5, 0.6) is 0 Å². The Balaban J connectivity index is 0.00000242. The Morgan fingerprint density at radius 1 is 1.36 bits per heavy atom. The number of piperazine rings is 1. The minimum atomic E-state index is 0. The fourth-order valence-electron chi connectivity index (χ4n) is 3.60. The second-order valence-electron chi connectivity index (χ2n) is 6.45. The number of nitrogens with zero attached hydrogens (tertiary/aromatic N) is 2. The quantitative estimate of drug-likeness (QED) is 0.825. The van der Waals surface area contributed by atoms with E-state index in [4.69, 9.17) is 4.74 Å². The molecule has 0 bridgehead atoms. The number of hydrogen-bond donors (Lipinski definition) is 1. The lowest BCUT2D eigenvalue weighted by atomic mass is 9.91. The number of amides is 1. The van der Waals surface area contributed by atoms with Crippen LogP contribution >= 0.6 is 12.4 Å². The van der Waals surface area contributed by atoms with Crippen LogP contribution in [0.4, 0.5) is 0 Å². The molecule has 130 valence electrons. The van der Waals surface area contributed by atoms with Gasteiger partial charge < -0.3 is 15.0 Å². The predicted molar refractivity (Wildman–Crippen MR) is 91.5 cm³/mol. The molecule has 0 radical (unpaired) electrons. The first-order valence-electron chi connectivity index (χ1n) is 8.40. The molecule has 2 saturated heterocycles. The van der Waals surface area contributed by atoms with Gasteiger partial charge in [-0.15, -0.1) is 12.4 Å². The van der Waals surface area contributed by atoms with E-state index in [9.17, 15) is 4.79 Å². The molecule has 2 heterocycles. The minimum absolute atomic E-state index is 0. The van der Waals surface area contributed by atoms with Crippen LogP contribution in [0.3, 0.4) is 0 Å². The fourth-order valence-corrected chi connectivity index (χ4v) is 3.60. The van der Waals surface area contributed by atoms with Crippen LogP contribution in [0.25, 0.3) is 0 Å². The van der Waals surface area contributed by atoms with Gasteiger partial charge in [-0.1, -0.05) is 6.92 Å². The Bertz CT molecular complexity index is 343. The van der Waals surface area contributed by atoms with Crippen LogP contribution in [0.2, 0.25) is 0 Å². The van der Waals surface area contributed by atoms with E-state index in [1.807, 2.05) is 0 Å². The van der Waals surface area contributed by atoms with Gasteiger partial charge in [0.15, 0.2) is 0 Å². The Hall–Kier alpha value is -0.360. The van der Waals surface area contributed by atoms with E-state index in [2.05, 4.69) is 29.0 Å². The number of rotatable bonds is 5. The second-order valence-corrected chi connectivity index (χ2v) is 6.45. The molecule has 0 aliphatic carbocycles. The smallest absolute Gasteiger partial charge is 0.225 e. The summed E-state index contributed by atoms with van der Waals surface area (Å²) in [7, 11) is 1.75. The molecule has 1 N–H and O–H groups in total. The van der Waals surface area contributed by atoms with E-state index in [0.717, 1.165) is 58.6 Å². The van der Waals surface area contributed by atoms with Gasteiger partial charge in [-0.2, -0.15) is 0 Å². The first-order chi connectivity index (χ1) is 10.2. The number of halogens is 1. The van der Waals surface area contributed by atoms with Crippen LogP contribution in [0.15, 0.2) is 0 Å². The number of carbonyl (C=O) groups is 1. The summed E-state index contributed by atoms with van der Waals surface area (Å²) in [6.07, 6.45) is 3.07. The van der Waals surface area contributed by atoms with Gasteiger partial charge in [0.05, 0.1) is 6.61 Å². The summed E-state index contributed by atoms with van der Waals surface area (Å²) >= 11 is 0. The fraction of sp³-hybridized carbons (Fsp3) is 0.938. The zero-order chi connectivity index (χ0) is 15.2. The molecule has 2 rings (SSSR count). The average Bonchev–Trinajstić information content (AvgIpc) is 2.52. The van der Waals surface area contributed by atoms with Gasteiger partial charge in [0.1, 0.15) is 0 Å². The van der Waals surface area contributed by atoms with Gasteiger partial charge in [-0.25, -0.2) is 0 Å². The SMILES string of the molecule is CCC1CN(C(=O)[C@H]2CCN[C@@H](C)C2)CCN1CCOC.Cl. The van der Waals surface area contributed by atoms with E-state index in [1.165, 1.54) is 0 Å². The van der Waals surface area contributed by atoms with E-state index in [-0.39, 0.29) is 18.3 Å². The van der Waals surface area contributed by atoms with Crippen molar-refractivity contribution in [3.05, 3.63) is 0 Å². The molecule has 0 spiro atoms. The van der Waals surface area contributed by atoms with Crippen molar-refractivity contribution in [2.75, 3.05) is 46.4 Å². The van der Waals surface area contributed by atoms with Crippen molar-refractivity contribution in [3.8, 4) is 0 Å². The molecule has 1 unspecified atom stereocenters. The predicted octanol–water partition coefficient (Wildman–Crippen LogP) is 1.37. The van der Waals surface area contributed by atoms with Gasteiger partial charge in [-0.3, -0.25) is 9.69 Å². The second kappa shape index (κ2) is 9.71. The topological polar surface area (TPSA) is 44.8 Å². The van der Waals surface area contributed by atoms with Crippen LogP contribution in [-0.4, -0.2) is 74.2 Å². The Morgan fingerprint density at radius 3 is 2.77 bits per heavy atom. The van der Waals surface area contributed by atoms with E-state index >= 15 is 0 Å². The summed E-state index contributed by atoms with van der Waals surface area (Å²) in [6, 6.07) is 0.953. The third-order valence-electron chi connectivity index (χ3n) is 4.94. The maximum absolute atomic E-state index is 12.7. The molecule has 2 aliphatic heterocycles. The number of carbonyl (C=O) groups excluding carboxylic acids is 1. The van der Waals surface area contributed by atoms with Crippen LogP contribution in [0.1, 0.15) is 33.1 Å². The van der Waals surface area contributed by atoms with Crippen LogP contribution in [0, 0.1) is 5.92 Å². The normalized spacial score (nSPS) is 30.0. The molecule has 0 aromatic rings. The monoisotopic (exact) mass is 333 g/mol. The van der Waals surface area contributed by atoms with Crippen molar-refractivity contribution in [3.63, 3.8) is 0 Å². The largest absolute Gasteiger partial charge is 0.383 e. The van der Waals surface area contributed by atoms with Gasteiger partial charge in [-0.05, 0) is 32.7 Å². The lowest BCUT2D eigenvalue weighted by Crippen LogP contribution is -2.57. The average molecular weight is 334 g/mol. The van der Waals surface area contributed by atoms with E-state index in [0.29, 0.717) is 18.0 Å². The summed E-state index contributed by atoms with van der Waals surface area (Å²) in [6.45, 7) is 9.85. The third kappa shape index (κ3) is 5.08. The first kappa shape index (κ1) is 19.7. The summed E-state index contributed by atoms with van der Waals surface area (Å²) in [4.78, 5) is 17.3. The van der Waals surface area contributed by atoms with Crippen molar-refractivity contribution >= 4 is 18.3 Å². The third-order valence-corrected chi connectivity index (χ3v) is 4.94. The highest BCUT2D eigenvalue weighted by Gasteiger charge is 2.33. The lowest BCUT2D eigenvalue weighted by Gasteiger charge is -2.42. The molecule has 0 saturated carbocycles. The van der Waals surface area contributed by atoms with Crippen molar-refractivity contribution < 1.29 is 9.53 Å². The van der Waals surface area contributed by atoms with E-state index < -0.39 is 0 Å². The molecule has 2 fully saturated rings. The molecular weight excluding hydrogens is 302 g/mol. The summed E-state index contributed by atoms with van der Waals surface area (Å²) in [5.41, 5.74) is 0. The first-order valence-corrected chi connectivity index (χ1v) is 8.40. The highest BCUT2D eigenvalue weighted by Crippen LogP contribution is 2.21. The van der Waals surface area contributed by atoms with Crippen LogP contribution < -0.4 is 5.32 Å². The van der Waals surface area contributed by atoms with Crippen molar-refractivity contribution in [2.45, 2.75) is 45.2 Å². The summed E-state index contributed by atoms with van der Waals surface area (Å²) in [5.74, 6) is 0.609. The molecule has 22 heavy (non-hydrogen) atoms. The number of nitrogens with one attached hydrogen (secondary N) is 1. The number of piperidine rings is 1. The number of ether oxygens (including phenoxy) is 1. The van der Waals surface area contributed by atoms with Crippen LogP contribution in [-0.2, 0) is 9.53 Å². The Kier molecular flexibility index (Phi) is 8.69. The highest BCUT2D eigenvalue weighted by atomic mass is 35.5. The van der Waals surface area contributed by atoms with E-state index in [1.54, 1.807) is 7.11 Å². The summed E-state index contributed by atoms with van der Waals surface area (Å²) in [5, 5.41) is 3.43.